The van der Waals surface area contributed by atoms with E-state index in [1.54, 1.807) is 0 Å². The molecule has 0 amide bonds. The fourth-order valence-electron chi connectivity index (χ4n) is 10.4. The van der Waals surface area contributed by atoms with Crippen LogP contribution in [0.3, 0.4) is 0 Å². The van der Waals surface area contributed by atoms with Gasteiger partial charge in [0.1, 0.15) is 11.2 Å². The summed E-state index contributed by atoms with van der Waals surface area (Å²) < 4.78 is 6.26. The van der Waals surface area contributed by atoms with Crippen LogP contribution >= 0.6 is 0 Å². The van der Waals surface area contributed by atoms with Gasteiger partial charge in [-0.15, -0.1) is 0 Å². The van der Waals surface area contributed by atoms with Crippen molar-refractivity contribution in [2.45, 2.75) is 5.41 Å². The number of fused-ring (bicyclic) bond motifs is 15. The van der Waals surface area contributed by atoms with Gasteiger partial charge in [-0.05, 0) is 109 Å². The van der Waals surface area contributed by atoms with E-state index in [0.29, 0.717) is 5.82 Å². The van der Waals surface area contributed by atoms with Crippen molar-refractivity contribution in [3.63, 3.8) is 0 Å². The van der Waals surface area contributed by atoms with Gasteiger partial charge in [0, 0.05) is 27.5 Å². The first kappa shape index (κ1) is 34.7. The number of benzene rings is 9. The fraction of sp³-hybridized carbons (Fsp3) is 0.0169. The Labute approximate surface area is 359 Å². The van der Waals surface area contributed by atoms with Crippen molar-refractivity contribution < 1.29 is 4.42 Å². The van der Waals surface area contributed by atoms with E-state index < -0.39 is 5.41 Å². The van der Waals surface area contributed by atoms with Gasteiger partial charge in [-0.2, -0.15) is 0 Å². The maximum absolute atomic E-state index is 6.26. The largest absolute Gasteiger partial charge is 0.456 e. The Balaban J connectivity index is 1.09. The van der Waals surface area contributed by atoms with Crippen molar-refractivity contribution in [1.82, 2.24) is 9.97 Å². The SMILES string of the molecule is c1ccc(-c2cccc(-c3nc(-c4ccc5c(c4)C4(c6ccccc6-c6ccccc6-5)c5ccccc5-c5ccccc54)cc(-c4ccc5oc6ccccc6c5c4)n3)c2)cc1. The van der Waals surface area contributed by atoms with E-state index in [1.165, 1.54) is 55.6 Å². The molecule has 2 aromatic heterocycles. The number of nitrogens with zero attached hydrogens (tertiary/aromatic N) is 2. The van der Waals surface area contributed by atoms with E-state index in [1.807, 2.05) is 12.1 Å². The van der Waals surface area contributed by atoms with Crippen molar-refractivity contribution in [3.8, 4) is 78.4 Å². The summed E-state index contributed by atoms with van der Waals surface area (Å²) >= 11 is 0. The highest BCUT2D eigenvalue weighted by Crippen LogP contribution is 2.61. The van der Waals surface area contributed by atoms with Gasteiger partial charge < -0.3 is 4.42 Å². The lowest BCUT2D eigenvalue weighted by Crippen LogP contribution is -2.29. The molecule has 0 N–H and O–H groups in total. The molecule has 3 nitrogen and oxygen atoms in total. The minimum atomic E-state index is -0.593. The normalized spacial score (nSPS) is 13.0. The monoisotopic (exact) mass is 788 g/mol. The Morgan fingerprint density at radius 1 is 0.290 bits per heavy atom. The van der Waals surface area contributed by atoms with Gasteiger partial charge in [-0.1, -0.05) is 176 Å². The van der Waals surface area contributed by atoms with Crippen LogP contribution in [0.1, 0.15) is 22.3 Å². The predicted octanol–water partition coefficient (Wildman–Crippen LogP) is 15.1. The fourth-order valence-corrected chi connectivity index (χ4v) is 10.4. The molecular formula is C59H36N2O. The number of rotatable bonds is 4. The van der Waals surface area contributed by atoms with E-state index in [2.05, 4.69) is 206 Å². The molecule has 3 heteroatoms. The van der Waals surface area contributed by atoms with Gasteiger partial charge in [-0.25, -0.2) is 9.97 Å². The van der Waals surface area contributed by atoms with Crippen molar-refractivity contribution in [2.75, 3.05) is 0 Å². The summed E-state index contributed by atoms with van der Waals surface area (Å²) in [5, 5.41) is 2.15. The van der Waals surface area contributed by atoms with Crippen LogP contribution in [0.2, 0.25) is 0 Å². The van der Waals surface area contributed by atoms with Crippen LogP contribution in [0.25, 0.3) is 100 Å². The lowest BCUT2D eigenvalue weighted by molar-refractivity contribution is 0.669. The highest BCUT2D eigenvalue weighted by Gasteiger charge is 2.49. The number of para-hydroxylation sites is 1. The van der Waals surface area contributed by atoms with Crippen LogP contribution in [0, 0.1) is 0 Å². The third kappa shape index (κ3) is 5.06. The van der Waals surface area contributed by atoms with Crippen molar-refractivity contribution in [2.24, 2.45) is 0 Å². The average Bonchev–Trinajstić information content (AvgIpc) is 3.84. The van der Waals surface area contributed by atoms with Gasteiger partial charge in [0.25, 0.3) is 0 Å². The molecule has 62 heavy (non-hydrogen) atoms. The molecule has 0 atom stereocenters. The highest BCUT2D eigenvalue weighted by molar-refractivity contribution is 6.06. The quantitative estimate of drug-likeness (QED) is 0.178. The lowest BCUT2D eigenvalue weighted by Gasteiger charge is -2.35. The molecule has 1 spiro atoms. The van der Waals surface area contributed by atoms with Crippen LogP contribution in [-0.2, 0) is 5.41 Å². The third-order valence-corrected chi connectivity index (χ3v) is 13.1. The molecule has 2 heterocycles. The number of aromatic nitrogens is 2. The zero-order valence-electron chi connectivity index (χ0n) is 33.6. The number of hydrogen-bond donors (Lipinski definition) is 0. The Morgan fingerprint density at radius 3 is 1.48 bits per heavy atom. The van der Waals surface area contributed by atoms with E-state index in [-0.39, 0.29) is 0 Å². The zero-order chi connectivity index (χ0) is 40.8. The summed E-state index contributed by atoms with van der Waals surface area (Å²) in [5.74, 6) is 0.671. The van der Waals surface area contributed by atoms with E-state index in [0.717, 1.165) is 61.1 Å². The Bertz CT molecular complexity index is 3550. The third-order valence-electron chi connectivity index (χ3n) is 13.1. The van der Waals surface area contributed by atoms with E-state index in [4.69, 9.17) is 14.4 Å². The van der Waals surface area contributed by atoms with Crippen LogP contribution in [-0.4, -0.2) is 9.97 Å². The molecular weight excluding hydrogens is 753 g/mol. The smallest absolute Gasteiger partial charge is 0.160 e. The average molecular weight is 789 g/mol. The molecule has 0 aliphatic heterocycles. The number of hydrogen-bond acceptors (Lipinski definition) is 3. The molecule has 0 saturated carbocycles. The Morgan fingerprint density at radius 2 is 0.790 bits per heavy atom. The van der Waals surface area contributed by atoms with Crippen molar-refractivity contribution in [3.05, 3.63) is 241 Å². The lowest BCUT2D eigenvalue weighted by atomic mass is 9.65. The molecule has 9 aromatic carbocycles. The number of furan rings is 1. The summed E-state index contributed by atoms with van der Waals surface area (Å²) in [6.45, 7) is 0. The molecule has 288 valence electrons. The van der Waals surface area contributed by atoms with Crippen LogP contribution in [0.5, 0.6) is 0 Å². The molecule has 0 saturated heterocycles. The molecule has 11 aromatic rings. The molecule has 0 bridgehead atoms. The minimum Gasteiger partial charge on any atom is -0.456 e. The predicted molar refractivity (Wildman–Crippen MR) is 253 cm³/mol. The van der Waals surface area contributed by atoms with E-state index >= 15 is 0 Å². The van der Waals surface area contributed by atoms with Crippen LogP contribution in [0.4, 0.5) is 0 Å². The van der Waals surface area contributed by atoms with Gasteiger partial charge in [0.05, 0.1) is 16.8 Å². The second kappa shape index (κ2) is 13.4. The van der Waals surface area contributed by atoms with Gasteiger partial charge in [0.2, 0.25) is 0 Å². The second-order valence-electron chi connectivity index (χ2n) is 16.4. The second-order valence-corrected chi connectivity index (χ2v) is 16.4. The highest BCUT2D eigenvalue weighted by atomic mass is 16.3. The van der Waals surface area contributed by atoms with Gasteiger partial charge in [0.15, 0.2) is 5.82 Å². The topological polar surface area (TPSA) is 38.9 Å². The molecule has 13 rings (SSSR count). The molecule has 2 aliphatic carbocycles. The van der Waals surface area contributed by atoms with Crippen molar-refractivity contribution >= 4 is 21.9 Å². The first-order valence-electron chi connectivity index (χ1n) is 21.2. The van der Waals surface area contributed by atoms with Gasteiger partial charge in [-0.3, -0.25) is 0 Å². The summed E-state index contributed by atoms with van der Waals surface area (Å²) in [4.78, 5) is 10.8. The maximum atomic E-state index is 6.26. The molecule has 0 fully saturated rings. The van der Waals surface area contributed by atoms with Crippen LogP contribution in [0.15, 0.2) is 223 Å². The van der Waals surface area contributed by atoms with Gasteiger partial charge >= 0.3 is 0 Å². The van der Waals surface area contributed by atoms with E-state index in [9.17, 15) is 0 Å². The minimum absolute atomic E-state index is 0.593. The maximum Gasteiger partial charge on any atom is 0.160 e. The molecule has 2 aliphatic rings. The summed E-state index contributed by atoms with van der Waals surface area (Å²) in [7, 11) is 0. The Kier molecular flexibility index (Phi) is 7.52. The standard InChI is InChI=1S/C59H36N2O/c1-2-15-37(16-3-1)38-17-14-18-41(33-38)58-60-54(39-30-32-57-49(34-39)48-24-9-13-28-56(48)62-57)36-55(61-58)40-29-31-47-43-20-5-4-19-42(43)44-21-6-10-25-50(44)59(53(47)35-40)51-26-11-7-22-45(51)46-23-8-12-27-52(46)59/h1-36H. The first-order valence-corrected chi connectivity index (χ1v) is 21.2. The zero-order valence-corrected chi connectivity index (χ0v) is 33.6. The Hall–Kier alpha value is -8.14. The summed E-state index contributed by atoms with van der Waals surface area (Å²) in [6, 6.07) is 78.8. The molecule has 0 unspecified atom stereocenters. The van der Waals surface area contributed by atoms with Crippen molar-refractivity contribution in [1.29, 1.82) is 0 Å². The molecule has 0 radical (unpaired) electrons. The first-order chi connectivity index (χ1) is 30.7. The summed E-state index contributed by atoms with van der Waals surface area (Å²) in [5.41, 5.74) is 20.7. The van der Waals surface area contributed by atoms with Crippen LogP contribution < -0.4 is 0 Å². The summed E-state index contributed by atoms with van der Waals surface area (Å²) in [6.07, 6.45) is 0.